The van der Waals surface area contributed by atoms with Crippen LogP contribution in [0.5, 0.6) is 0 Å². The van der Waals surface area contributed by atoms with Crippen molar-refractivity contribution in [2.75, 3.05) is 47.1 Å². The van der Waals surface area contributed by atoms with E-state index in [9.17, 15) is 4.79 Å². The van der Waals surface area contributed by atoms with Crippen molar-refractivity contribution in [2.45, 2.75) is 12.8 Å². The summed E-state index contributed by atoms with van der Waals surface area (Å²) in [6.45, 7) is 2.88. The van der Waals surface area contributed by atoms with Crippen LogP contribution < -0.4 is 5.73 Å². The predicted molar refractivity (Wildman–Crippen MR) is 86.4 cm³/mol. The highest BCUT2D eigenvalue weighted by Gasteiger charge is 2.18. The van der Waals surface area contributed by atoms with Crippen molar-refractivity contribution in [3.63, 3.8) is 0 Å². The Bertz CT molecular complexity index is 404. The number of carbonyl (C=O) groups excluding carboxylic acids is 1. The third-order valence-electron chi connectivity index (χ3n) is 2.76. The number of hydrogen-bond acceptors (Lipinski definition) is 6. The van der Waals surface area contributed by atoms with E-state index in [1.54, 1.807) is 24.5 Å². The summed E-state index contributed by atoms with van der Waals surface area (Å²) >= 11 is 1.48. The van der Waals surface area contributed by atoms with E-state index in [-0.39, 0.29) is 18.3 Å². The van der Waals surface area contributed by atoms with Crippen LogP contribution >= 0.6 is 23.7 Å². The molecule has 6 nitrogen and oxygen atoms in total. The Morgan fingerprint density at radius 2 is 2.05 bits per heavy atom. The van der Waals surface area contributed by atoms with Crippen molar-refractivity contribution in [2.24, 2.45) is 5.73 Å². The fourth-order valence-electron chi connectivity index (χ4n) is 1.73. The molecule has 1 heterocycles. The molecule has 0 aliphatic carbocycles. The largest absolute Gasteiger partial charge is 0.385 e. The molecule has 0 spiro atoms. The Kier molecular flexibility index (Phi) is 11.5. The van der Waals surface area contributed by atoms with Crippen molar-refractivity contribution >= 4 is 29.7 Å². The molecule has 1 aromatic rings. The minimum Gasteiger partial charge on any atom is -0.385 e. The summed E-state index contributed by atoms with van der Waals surface area (Å²) in [5, 5.41) is 2.70. The maximum absolute atomic E-state index is 12.4. The standard InChI is InChI=1S/C13H23N3O3S.ClH/c1-18-8-3-6-16(7-9-19-2)13(17)11-10-20-12(15-11)4-5-14;/h10H,3-9,14H2,1-2H3;1H. The monoisotopic (exact) mass is 337 g/mol. The molecule has 0 aliphatic rings. The average molecular weight is 338 g/mol. The Labute approximate surface area is 136 Å². The quantitative estimate of drug-likeness (QED) is 0.649. The van der Waals surface area contributed by atoms with Crippen LogP contribution in [0, 0.1) is 0 Å². The van der Waals surface area contributed by atoms with Crippen molar-refractivity contribution in [1.82, 2.24) is 9.88 Å². The van der Waals surface area contributed by atoms with E-state index in [0.717, 1.165) is 11.4 Å². The zero-order chi connectivity index (χ0) is 14.8. The van der Waals surface area contributed by atoms with Gasteiger partial charge in [-0.3, -0.25) is 4.79 Å². The summed E-state index contributed by atoms with van der Waals surface area (Å²) in [5.74, 6) is -0.0577. The van der Waals surface area contributed by atoms with E-state index >= 15 is 0 Å². The van der Waals surface area contributed by atoms with Crippen LogP contribution in [0.3, 0.4) is 0 Å². The fourth-order valence-corrected chi connectivity index (χ4v) is 2.51. The van der Waals surface area contributed by atoms with Gasteiger partial charge in [0.05, 0.1) is 11.6 Å². The van der Waals surface area contributed by atoms with Gasteiger partial charge in [-0.15, -0.1) is 23.7 Å². The van der Waals surface area contributed by atoms with E-state index in [4.69, 9.17) is 15.2 Å². The van der Waals surface area contributed by atoms with Crippen LogP contribution in [0.1, 0.15) is 21.9 Å². The third kappa shape index (κ3) is 7.19. The minimum absolute atomic E-state index is 0. The normalized spacial score (nSPS) is 10.2. The lowest BCUT2D eigenvalue weighted by Crippen LogP contribution is -2.35. The molecule has 0 saturated heterocycles. The second-order valence-corrected chi connectivity index (χ2v) is 5.24. The molecule has 1 rings (SSSR count). The van der Waals surface area contributed by atoms with Gasteiger partial charge in [0.2, 0.25) is 0 Å². The molecule has 0 aliphatic heterocycles. The smallest absolute Gasteiger partial charge is 0.273 e. The number of amides is 1. The third-order valence-corrected chi connectivity index (χ3v) is 3.67. The second kappa shape index (κ2) is 11.9. The molecule has 21 heavy (non-hydrogen) atoms. The molecule has 0 radical (unpaired) electrons. The van der Waals surface area contributed by atoms with Crippen molar-refractivity contribution in [3.05, 3.63) is 16.1 Å². The zero-order valence-corrected chi connectivity index (χ0v) is 14.2. The molecule has 8 heteroatoms. The number of thiazole rings is 1. The highest BCUT2D eigenvalue weighted by Crippen LogP contribution is 2.12. The van der Waals surface area contributed by atoms with E-state index in [2.05, 4.69) is 4.98 Å². The summed E-state index contributed by atoms with van der Waals surface area (Å²) in [6.07, 6.45) is 1.51. The first-order chi connectivity index (χ1) is 9.72. The molecule has 1 amide bonds. The van der Waals surface area contributed by atoms with Gasteiger partial charge in [-0.25, -0.2) is 4.98 Å². The molecular weight excluding hydrogens is 314 g/mol. The summed E-state index contributed by atoms with van der Waals surface area (Å²) < 4.78 is 10.1. The van der Waals surface area contributed by atoms with Crippen LogP contribution in [-0.4, -0.2) is 62.9 Å². The van der Waals surface area contributed by atoms with E-state index in [1.807, 2.05) is 0 Å². The number of rotatable bonds is 10. The Balaban J connectivity index is 0.00000400. The first-order valence-electron chi connectivity index (χ1n) is 6.64. The van der Waals surface area contributed by atoms with Crippen LogP contribution in [0.4, 0.5) is 0 Å². The summed E-state index contributed by atoms with van der Waals surface area (Å²) in [7, 11) is 3.28. The fraction of sp³-hybridized carbons (Fsp3) is 0.692. The SMILES string of the molecule is COCCCN(CCOC)C(=O)c1csc(CCN)n1.Cl. The van der Waals surface area contributed by atoms with Crippen LogP contribution in [0.2, 0.25) is 0 Å². The maximum Gasteiger partial charge on any atom is 0.273 e. The average Bonchev–Trinajstić information content (AvgIpc) is 2.91. The number of nitrogens with two attached hydrogens (primary N) is 1. The minimum atomic E-state index is -0.0577. The highest BCUT2D eigenvalue weighted by molar-refractivity contribution is 7.09. The molecule has 0 bridgehead atoms. The number of carbonyl (C=O) groups is 1. The van der Waals surface area contributed by atoms with Crippen LogP contribution in [0.15, 0.2) is 5.38 Å². The highest BCUT2D eigenvalue weighted by atomic mass is 35.5. The summed E-state index contributed by atoms with van der Waals surface area (Å²) in [4.78, 5) is 18.5. The van der Waals surface area contributed by atoms with Crippen molar-refractivity contribution in [1.29, 1.82) is 0 Å². The zero-order valence-electron chi connectivity index (χ0n) is 12.5. The molecule has 0 atom stereocenters. The van der Waals surface area contributed by atoms with E-state index in [0.29, 0.717) is 45.0 Å². The molecule has 0 aromatic carbocycles. The van der Waals surface area contributed by atoms with Gasteiger partial charge >= 0.3 is 0 Å². The van der Waals surface area contributed by atoms with Gasteiger partial charge in [0.1, 0.15) is 5.69 Å². The number of hydrogen-bond donors (Lipinski definition) is 1. The van der Waals surface area contributed by atoms with Crippen LogP contribution in [0.25, 0.3) is 0 Å². The molecule has 0 unspecified atom stereocenters. The Morgan fingerprint density at radius 3 is 2.67 bits per heavy atom. The number of halogens is 1. The molecule has 2 N–H and O–H groups in total. The predicted octanol–water partition coefficient (Wildman–Crippen LogP) is 1.19. The van der Waals surface area contributed by atoms with Crippen LogP contribution in [-0.2, 0) is 15.9 Å². The Morgan fingerprint density at radius 1 is 1.33 bits per heavy atom. The van der Waals surface area contributed by atoms with Gasteiger partial charge in [-0.05, 0) is 13.0 Å². The molecule has 122 valence electrons. The van der Waals surface area contributed by atoms with E-state index in [1.165, 1.54) is 11.3 Å². The molecule has 0 saturated carbocycles. The number of aromatic nitrogens is 1. The van der Waals surface area contributed by atoms with Gasteiger partial charge in [-0.1, -0.05) is 0 Å². The lowest BCUT2D eigenvalue weighted by molar-refractivity contribution is 0.0669. The van der Waals surface area contributed by atoms with Crippen molar-refractivity contribution < 1.29 is 14.3 Å². The second-order valence-electron chi connectivity index (χ2n) is 4.30. The molecule has 0 fully saturated rings. The summed E-state index contributed by atoms with van der Waals surface area (Å²) in [5.41, 5.74) is 5.99. The Hall–Kier alpha value is -0.730. The number of nitrogens with zero attached hydrogens (tertiary/aromatic N) is 2. The van der Waals surface area contributed by atoms with Gasteiger partial charge in [-0.2, -0.15) is 0 Å². The van der Waals surface area contributed by atoms with Gasteiger partial charge in [0.15, 0.2) is 0 Å². The van der Waals surface area contributed by atoms with Gasteiger partial charge < -0.3 is 20.1 Å². The van der Waals surface area contributed by atoms with E-state index < -0.39 is 0 Å². The van der Waals surface area contributed by atoms with Gasteiger partial charge in [0, 0.05) is 45.7 Å². The summed E-state index contributed by atoms with van der Waals surface area (Å²) in [6, 6.07) is 0. The molecule has 1 aromatic heterocycles. The number of methoxy groups -OCH3 is 2. The topological polar surface area (TPSA) is 77.7 Å². The first kappa shape index (κ1) is 20.3. The first-order valence-corrected chi connectivity index (χ1v) is 7.52. The number of ether oxygens (including phenoxy) is 2. The lowest BCUT2D eigenvalue weighted by Gasteiger charge is -2.21. The lowest BCUT2D eigenvalue weighted by atomic mass is 10.3. The van der Waals surface area contributed by atoms with Gasteiger partial charge in [0.25, 0.3) is 5.91 Å². The maximum atomic E-state index is 12.4. The molecular formula is C13H24ClN3O3S. The van der Waals surface area contributed by atoms with Crippen molar-refractivity contribution in [3.8, 4) is 0 Å².